The van der Waals surface area contributed by atoms with Gasteiger partial charge in [-0.2, -0.15) is 0 Å². The van der Waals surface area contributed by atoms with E-state index in [1.165, 1.54) is 0 Å². The minimum atomic E-state index is 0.717. The molecule has 124 valence electrons. The van der Waals surface area contributed by atoms with Gasteiger partial charge in [0, 0.05) is 17.3 Å². The van der Waals surface area contributed by atoms with Crippen molar-refractivity contribution in [2.45, 2.75) is 13.5 Å². The third-order valence-corrected chi connectivity index (χ3v) is 4.63. The first kappa shape index (κ1) is 16.3. The van der Waals surface area contributed by atoms with Crippen LogP contribution in [0.1, 0.15) is 11.3 Å². The van der Waals surface area contributed by atoms with Crippen LogP contribution < -0.4 is 14.3 Å². The van der Waals surface area contributed by atoms with Crippen LogP contribution in [0.2, 0.25) is 0 Å². The van der Waals surface area contributed by atoms with Crippen LogP contribution in [-0.4, -0.2) is 23.8 Å². The first-order valence-corrected chi connectivity index (χ1v) is 8.40. The Labute approximate surface area is 144 Å². The average Bonchev–Trinajstić information content (AvgIpc) is 2.96. The Bertz CT molecular complexity index is 885. The average molecular weight is 341 g/mol. The van der Waals surface area contributed by atoms with Crippen molar-refractivity contribution in [3.05, 3.63) is 64.2 Å². The zero-order valence-electron chi connectivity index (χ0n) is 13.9. The fourth-order valence-electron chi connectivity index (χ4n) is 2.39. The van der Waals surface area contributed by atoms with Crippen molar-refractivity contribution < 1.29 is 9.47 Å². The number of rotatable bonds is 5. The van der Waals surface area contributed by atoms with Gasteiger partial charge in [-0.25, -0.2) is 4.99 Å². The summed E-state index contributed by atoms with van der Waals surface area (Å²) in [6.07, 6.45) is 3.51. The Kier molecular flexibility index (Phi) is 4.96. The molecule has 2 heterocycles. The topological polar surface area (TPSA) is 48.6 Å². The molecule has 0 aliphatic heterocycles. The molecular weight excluding hydrogens is 322 g/mol. The van der Waals surface area contributed by atoms with Crippen molar-refractivity contribution in [2.24, 2.45) is 4.99 Å². The summed E-state index contributed by atoms with van der Waals surface area (Å²) in [7, 11) is 3.29. The van der Waals surface area contributed by atoms with E-state index >= 15 is 0 Å². The molecule has 0 N–H and O–H groups in total. The lowest BCUT2D eigenvalue weighted by Gasteiger charge is -2.11. The molecule has 0 bridgehead atoms. The van der Waals surface area contributed by atoms with E-state index in [-0.39, 0.29) is 0 Å². The van der Waals surface area contributed by atoms with Crippen LogP contribution in [0.15, 0.2) is 53.1 Å². The molecule has 5 nitrogen and oxygen atoms in total. The normalized spacial score (nSPS) is 11.5. The lowest BCUT2D eigenvalue weighted by molar-refractivity contribution is 0.354. The molecule has 0 aliphatic rings. The van der Waals surface area contributed by atoms with Gasteiger partial charge < -0.3 is 14.0 Å². The van der Waals surface area contributed by atoms with Gasteiger partial charge in [0.15, 0.2) is 16.3 Å². The van der Waals surface area contributed by atoms with Gasteiger partial charge in [0.2, 0.25) is 0 Å². The standard InChI is InChI=1S/C18H19N3O2S/c1-13-12-24-18(20-15-5-4-8-19-10-15)21(13)11-14-6-7-16(22-2)17(9-14)23-3/h4-10,12H,11H2,1-3H3. The van der Waals surface area contributed by atoms with Crippen molar-refractivity contribution in [1.29, 1.82) is 0 Å². The molecule has 0 saturated heterocycles. The molecule has 0 unspecified atom stereocenters. The van der Waals surface area contributed by atoms with E-state index < -0.39 is 0 Å². The van der Waals surface area contributed by atoms with Crippen molar-refractivity contribution in [3.63, 3.8) is 0 Å². The summed E-state index contributed by atoms with van der Waals surface area (Å²) in [5.74, 6) is 1.46. The molecule has 3 aromatic rings. The second kappa shape index (κ2) is 7.31. The molecule has 6 heteroatoms. The molecule has 0 aliphatic carbocycles. The molecule has 0 radical (unpaired) electrons. The zero-order valence-corrected chi connectivity index (χ0v) is 14.7. The molecule has 0 spiro atoms. The van der Waals surface area contributed by atoms with Crippen LogP contribution in [0, 0.1) is 6.92 Å². The highest BCUT2D eigenvalue weighted by molar-refractivity contribution is 7.07. The largest absolute Gasteiger partial charge is 0.493 e. The van der Waals surface area contributed by atoms with E-state index in [9.17, 15) is 0 Å². The van der Waals surface area contributed by atoms with Gasteiger partial charge in [-0.15, -0.1) is 11.3 Å². The summed E-state index contributed by atoms with van der Waals surface area (Å²) in [5, 5.41) is 2.11. The highest BCUT2D eigenvalue weighted by atomic mass is 32.1. The van der Waals surface area contributed by atoms with E-state index in [4.69, 9.17) is 14.5 Å². The number of aryl methyl sites for hydroxylation is 1. The number of nitrogens with zero attached hydrogens (tertiary/aromatic N) is 3. The van der Waals surface area contributed by atoms with Gasteiger partial charge in [0.05, 0.1) is 32.6 Å². The number of hydrogen-bond acceptors (Lipinski definition) is 5. The smallest absolute Gasteiger partial charge is 0.190 e. The minimum Gasteiger partial charge on any atom is -0.493 e. The molecule has 0 amide bonds. The summed E-state index contributed by atoms with van der Waals surface area (Å²) < 4.78 is 12.9. The van der Waals surface area contributed by atoms with Crippen molar-refractivity contribution in [2.75, 3.05) is 14.2 Å². The lowest BCUT2D eigenvalue weighted by atomic mass is 10.2. The summed E-state index contributed by atoms with van der Waals surface area (Å²) in [4.78, 5) is 9.75. The maximum absolute atomic E-state index is 5.39. The molecular formula is C18H19N3O2S. The molecule has 1 aromatic carbocycles. The third kappa shape index (κ3) is 3.49. The van der Waals surface area contributed by atoms with Crippen molar-refractivity contribution in [1.82, 2.24) is 9.55 Å². The van der Waals surface area contributed by atoms with Crippen LogP contribution in [0.4, 0.5) is 5.69 Å². The first-order valence-electron chi connectivity index (χ1n) is 7.52. The quantitative estimate of drug-likeness (QED) is 0.713. The number of aromatic nitrogens is 2. The van der Waals surface area contributed by atoms with E-state index in [0.29, 0.717) is 0 Å². The SMILES string of the molecule is COc1ccc(Cn2c(C)csc2=Nc2cccnc2)cc1OC. The maximum atomic E-state index is 5.39. The number of benzene rings is 1. The Morgan fingerprint density at radius 2 is 2.00 bits per heavy atom. The van der Waals surface area contributed by atoms with E-state index in [0.717, 1.165) is 39.8 Å². The van der Waals surface area contributed by atoms with E-state index in [1.54, 1.807) is 38.0 Å². The predicted octanol–water partition coefficient (Wildman–Crippen LogP) is 3.55. The van der Waals surface area contributed by atoms with E-state index in [1.807, 2.05) is 30.3 Å². The number of hydrogen-bond donors (Lipinski definition) is 0. The fourth-order valence-corrected chi connectivity index (χ4v) is 3.28. The molecule has 24 heavy (non-hydrogen) atoms. The summed E-state index contributed by atoms with van der Waals surface area (Å²) in [5.41, 5.74) is 3.14. The summed E-state index contributed by atoms with van der Waals surface area (Å²) in [6.45, 7) is 2.80. The highest BCUT2D eigenvalue weighted by Crippen LogP contribution is 2.27. The van der Waals surface area contributed by atoms with Crippen LogP contribution in [-0.2, 0) is 6.54 Å². The van der Waals surface area contributed by atoms with Crippen LogP contribution in [0.25, 0.3) is 0 Å². The van der Waals surface area contributed by atoms with Gasteiger partial charge in [0.1, 0.15) is 0 Å². The molecule has 0 atom stereocenters. The van der Waals surface area contributed by atoms with Gasteiger partial charge in [-0.3, -0.25) is 4.98 Å². The van der Waals surface area contributed by atoms with Crippen molar-refractivity contribution in [3.8, 4) is 11.5 Å². The van der Waals surface area contributed by atoms with Crippen LogP contribution in [0.3, 0.4) is 0 Å². The van der Waals surface area contributed by atoms with E-state index in [2.05, 4.69) is 21.9 Å². The fraction of sp³-hybridized carbons (Fsp3) is 0.222. The highest BCUT2D eigenvalue weighted by Gasteiger charge is 2.07. The lowest BCUT2D eigenvalue weighted by Crippen LogP contribution is -2.16. The molecule has 2 aromatic heterocycles. The van der Waals surface area contributed by atoms with Crippen molar-refractivity contribution >= 4 is 17.0 Å². The molecule has 3 rings (SSSR count). The maximum Gasteiger partial charge on any atom is 0.190 e. The second-order valence-electron chi connectivity index (χ2n) is 5.26. The predicted molar refractivity (Wildman–Crippen MR) is 95.2 cm³/mol. The zero-order chi connectivity index (χ0) is 16.9. The van der Waals surface area contributed by atoms with Crippen LogP contribution in [0.5, 0.6) is 11.5 Å². The van der Waals surface area contributed by atoms with Crippen LogP contribution >= 0.6 is 11.3 Å². The Balaban J connectivity index is 1.97. The number of thiazole rings is 1. The molecule has 0 saturated carbocycles. The Morgan fingerprint density at radius 1 is 1.17 bits per heavy atom. The number of methoxy groups -OCH3 is 2. The minimum absolute atomic E-state index is 0.717. The number of ether oxygens (including phenoxy) is 2. The Morgan fingerprint density at radius 3 is 2.71 bits per heavy atom. The van der Waals surface area contributed by atoms with Gasteiger partial charge in [-0.05, 0) is 36.8 Å². The second-order valence-corrected chi connectivity index (χ2v) is 6.09. The summed E-state index contributed by atoms with van der Waals surface area (Å²) >= 11 is 1.62. The molecule has 0 fully saturated rings. The monoisotopic (exact) mass is 341 g/mol. The van der Waals surface area contributed by atoms with Gasteiger partial charge >= 0.3 is 0 Å². The Hall–Kier alpha value is -2.60. The van der Waals surface area contributed by atoms with Gasteiger partial charge in [0.25, 0.3) is 0 Å². The number of pyridine rings is 1. The summed E-state index contributed by atoms with van der Waals surface area (Å²) in [6, 6.07) is 9.80. The van der Waals surface area contributed by atoms with Gasteiger partial charge in [-0.1, -0.05) is 6.07 Å². The third-order valence-electron chi connectivity index (χ3n) is 3.65. The first-order chi connectivity index (χ1) is 11.7.